The molecule has 1 saturated heterocycles. The predicted octanol–water partition coefficient (Wildman–Crippen LogP) is 2.42. The average Bonchev–Trinajstić information content (AvgIpc) is 2.43. The third-order valence-corrected chi connectivity index (χ3v) is 6.03. The van der Waals surface area contributed by atoms with Crippen LogP contribution in [-0.4, -0.2) is 61.2 Å². The Kier molecular flexibility index (Phi) is 5.49. The molecule has 3 nitrogen and oxygen atoms in total. The Morgan fingerprint density at radius 1 is 1.05 bits per heavy atom. The molecule has 118 valence electrons. The van der Waals surface area contributed by atoms with Crippen molar-refractivity contribution < 1.29 is 0 Å². The second-order valence-electron chi connectivity index (χ2n) is 7.60. The lowest BCUT2D eigenvalue weighted by Gasteiger charge is -2.50. The fourth-order valence-corrected chi connectivity index (χ4v) is 4.24. The highest BCUT2D eigenvalue weighted by molar-refractivity contribution is 4.95. The summed E-state index contributed by atoms with van der Waals surface area (Å²) < 4.78 is 0. The summed E-state index contributed by atoms with van der Waals surface area (Å²) in [5.74, 6) is 1.74. The molecule has 3 heteroatoms. The largest absolute Gasteiger partial charge is 0.315 e. The van der Waals surface area contributed by atoms with Gasteiger partial charge in [0.1, 0.15) is 0 Å². The molecular formula is C17H35N3. The molecule has 0 aromatic heterocycles. The molecule has 20 heavy (non-hydrogen) atoms. The van der Waals surface area contributed by atoms with E-state index in [9.17, 15) is 0 Å². The Balaban J connectivity index is 2.06. The van der Waals surface area contributed by atoms with E-state index in [1.54, 1.807) is 0 Å². The Bertz CT molecular complexity index is 293. The van der Waals surface area contributed by atoms with Gasteiger partial charge in [-0.05, 0) is 59.0 Å². The van der Waals surface area contributed by atoms with Gasteiger partial charge in [0.25, 0.3) is 0 Å². The quantitative estimate of drug-likeness (QED) is 0.857. The van der Waals surface area contributed by atoms with Crippen LogP contribution in [0.25, 0.3) is 0 Å². The number of rotatable bonds is 3. The summed E-state index contributed by atoms with van der Waals surface area (Å²) in [4.78, 5) is 5.32. The number of likely N-dealkylation sites (N-methyl/N-ethyl adjacent to an activating group) is 2. The third-order valence-electron chi connectivity index (χ3n) is 6.03. The van der Waals surface area contributed by atoms with Crippen molar-refractivity contribution in [2.75, 3.05) is 27.2 Å². The van der Waals surface area contributed by atoms with E-state index in [2.05, 4.69) is 56.9 Å². The van der Waals surface area contributed by atoms with E-state index >= 15 is 0 Å². The number of piperazine rings is 1. The molecule has 0 aromatic rings. The molecule has 0 radical (unpaired) electrons. The smallest absolute Gasteiger partial charge is 0.0253 e. The molecular weight excluding hydrogens is 246 g/mol. The van der Waals surface area contributed by atoms with Crippen LogP contribution in [0.4, 0.5) is 0 Å². The van der Waals surface area contributed by atoms with Crippen LogP contribution in [0.3, 0.4) is 0 Å². The van der Waals surface area contributed by atoms with Crippen LogP contribution < -0.4 is 5.32 Å². The first-order valence-electron chi connectivity index (χ1n) is 8.57. The van der Waals surface area contributed by atoms with Gasteiger partial charge in [0.2, 0.25) is 0 Å². The van der Waals surface area contributed by atoms with Gasteiger partial charge >= 0.3 is 0 Å². The van der Waals surface area contributed by atoms with Crippen LogP contribution in [0.1, 0.15) is 47.0 Å². The van der Waals surface area contributed by atoms with Crippen molar-refractivity contribution in [2.24, 2.45) is 11.8 Å². The molecule has 0 bridgehead atoms. The van der Waals surface area contributed by atoms with E-state index in [1.807, 2.05) is 0 Å². The molecule has 5 atom stereocenters. The summed E-state index contributed by atoms with van der Waals surface area (Å²) in [5, 5.41) is 3.60. The highest BCUT2D eigenvalue weighted by Gasteiger charge is 2.38. The van der Waals surface area contributed by atoms with E-state index < -0.39 is 0 Å². The van der Waals surface area contributed by atoms with Gasteiger partial charge in [-0.1, -0.05) is 13.8 Å². The van der Waals surface area contributed by atoms with Crippen molar-refractivity contribution in [2.45, 2.75) is 71.1 Å². The molecule has 0 amide bonds. The Morgan fingerprint density at radius 3 is 2.15 bits per heavy atom. The SMILES string of the molecule is CNC1CCC(C(C)C)CC1N1CC(C)N(C)C(C)C1. The molecule has 1 aliphatic heterocycles. The zero-order valence-corrected chi connectivity index (χ0v) is 14.4. The Labute approximate surface area is 126 Å². The van der Waals surface area contributed by atoms with E-state index in [0.717, 1.165) is 17.9 Å². The molecule has 0 aromatic carbocycles. The van der Waals surface area contributed by atoms with Gasteiger partial charge < -0.3 is 5.32 Å². The van der Waals surface area contributed by atoms with Gasteiger partial charge in [-0.25, -0.2) is 0 Å². The fourth-order valence-electron chi connectivity index (χ4n) is 4.24. The summed E-state index contributed by atoms with van der Waals surface area (Å²) in [6.45, 7) is 12.0. The normalized spacial score (nSPS) is 41.2. The molecule has 1 heterocycles. The van der Waals surface area contributed by atoms with Crippen molar-refractivity contribution in [3.05, 3.63) is 0 Å². The van der Waals surface area contributed by atoms with Crippen LogP contribution in [0, 0.1) is 11.8 Å². The first-order valence-corrected chi connectivity index (χ1v) is 8.57. The summed E-state index contributed by atoms with van der Waals surface area (Å²) in [6, 6.07) is 2.78. The van der Waals surface area contributed by atoms with Gasteiger partial charge in [-0.2, -0.15) is 0 Å². The maximum absolute atomic E-state index is 3.60. The number of nitrogens with one attached hydrogen (secondary N) is 1. The molecule has 0 spiro atoms. The summed E-state index contributed by atoms with van der Waals surface area (Å²) >= 11 is 0. The molecule has 2 rings (SSSR count). The lowest BCUT2D eigenvalue weighted by Crippen LogP contribution is -2.62. The maximum Gasteiger partial charge on any atom is 0.0253 e. The van der Waals surface area contributed by atoms with E-state index in [1.165, 1.54) is 32.4 Å². The van der Waals surface area contributed by atoms with E-state index in [4.69, 9.17) is 0 Å². The van der Waals surface area contributed by atoms with Crippen molar-refractivity contribution in [1.82, 2.24) is 15.1 Å². The van der Waals surface area contributed by atoms with Gasteiger partial charge in [-0.15, -0.1) is 0 Å². The Morgan fingerprint density at radius 2 is 1.65 bits per heavy atom. The highest BCUT2D eigenvalue weighted by atomic mass is 15.3. The standard InChI is InChI=1S/C17H35N3/c1-12(2)15-7-8-16(18-5)17(9-15)20-10-13(3)19(6)14(4)11-20/h12-18H,7-11H2,1-6H3. The molecule has 2 aliphatic rings. The molecule has 2 fully saturated rings. The van der Waals surface area contributed by atoms with Crippen LogP contribution >= 0.6 is 0 Å². The number of hydrogen-bond donors (Lipinski definition) is 1. The fraction of sp³-hybridized carbons (Fsp3) is 1.00. The monoisotopic (exact) mass is 281 g/mol. The van der Waals surface area contributed by atoms with Crippen molar-refractivity contribution in [1.29, 1.82) is 0 Å². The van der Waals surface area contributed by atoms with Crippen molar-refractivity contribution in [3.63, 3.8) is 0 Å². The first-order chi connectivity index (χ1) is 9.43. The lowest BCUT2D eigenvalue weighted by molar-refractivity contribution is 0.000936. The minimum absolute atomic E-state index is 0.677. The average molecular weight is 281 g/mol. The van der Waals surface area contributed by atoms with Gasteiger partial charge in [0.05, 0.1) is 0 Å². The van der Waals surface area contributed by atoms with Gasteiger partial charge in [-0.3, -0.25) is 9.80 Å². The zero-order valence-electron chi connectivity index (χ0n) is 14.4. The second kappa shape index (κ2) is 6.76. The maximum atomic E-state index is 3.60. The lowest BCUT2D eigenvalue weighted by atomic mass is 9.76. The third kappa shape index (κ3) is 3.37. The van der Waals surface area contributed by atoms with Crippen LogP contribution in [0.2, 0.25) is 0 Å². The topological polar surface area (TPSA) is 18.5 Å². The summed E-state index contributed by atoms with van der Waals surface area (Å²) in [6.07, 6.45) is 4.13. The molecule has 5 unspecified atom stereocenters. The minimum atomic E-state index is 0.677. The van der Waals surface area contributed by atoms with Gasteiger partial charge in [0.15, 0.2) is 0 Å². The highest BCUT2D eigenvalue weighted by Crippen LogP contribution is 2.34. The molecule has 1 N–H and O–H groups in total. The summed E-state index contributed by atoms with van der Waals surface area (Å²) in [5.41, 5.74) is 0. The van der Waals surface area contributed by atoms with E-state index in [-0.39, 0.29) is 0 Å². The van der Waals surface area contributed by atoms with Crippen LogP contribution in [0.5, 0.6) is 0 Å². The van der Waals surface area contributed by atoms with Crippen LogP contribution in [0.15, 0.2) is 0 Å². The second-order valence-corrected chi connectivity index (χ2v) is 7.60. The first kappa shape index (κ1) is 16.3. The zero-order chi connectivity index (χ0) is 14.9. The summed E-state index contributed by atoms with van der Waals surface area (Å²) in [7, 11) is 4.43. The number of nitrogens with zero attached hydrogens (tertiary/aromatic N) is 2. The van der Waals surface area contributed by atoms with Crippen LogP contribution in [-0.2, 0) is 0 Å². The van der Waals surface area contributed by atoms with Crippen molar-refractivity contribution in [3.8, 4) is 0 Å². The van der Waals surface area contributed by atoms with Crippen molar-refractivity contribution >= 4 is 0 Å². The van der Waals surface area contributed by atoms with Gasteiger partial charge in [0, 0.05) is 37.3 Å². The Hall–Kier alpha value is -0.120. The number of hydrogen-bond acceptors (Lipinski definition) is 3. The van der Waals surface area contributed by atoms with E-state index in [0.29, 0.717) is 18.1 Å². The minimum Gasteiger partial charge on any atom is -0.315 e. The molecule has 1 saturated carbocycles. The predicted molar refractivity (Wildman–Crippen MR) is 87.1 cm³/mol. The molecule has 1 aliphatic carbocycles.